The maximum atomic E-state index is 3.12. The van der Waals surface area contributed by atoms with E-state index in [1.54, 1.807) is 0 Å². The first kappa shape index (κ1) is 10.2. The van der Waals surface area contributed by atoms with Crippen molar-refractivity contribution in [2.75, 3.05) is 13.1 Å². The molecule has 0 heterocycles. The standard InChI is InChI=1S/C8H17NSe/c1-4-7-8(10)9(5-2)6-3/h4-7H2,1-3H3. The van der Waals surface area contributed by atoms with E-state index < -0.39 is 0 Å². The number of rotatable bonds is 5. The van der Waals surface area contributed by atoms with E-state index in [9.17, 15) is 0 Å². The molecule has 0 amide bonds. The molecule has 0 aliphatic heterocycles. The zero-order valence-corrected chi connectivity index (χ0v) is 8.90. The molecule has 0 bridgehead atoms. The van der Waals surface area contributed by atoms with Crippen molar-refractivity contribution in [1.82, 2.24) is 4.90 Å². The average Bonchev–Trinajstić information content (AvgIpc) is 1.91. The van der Waals surface area contributed by atoms with Crippen LogP contribution in [-0.4, -0.2) is 38.1 Å². The first-order valence-corrected chi connectivity index (χ1v) is 4.89. The van der Waals surface area contributed by atoms with Crippen molar-refractivity contribution < 1.29 is 0 Å². The van der Waals surface area contributed by atoms with E-state index in [-0.39, 0.29) is 0 Å². The average molecular weight is 206 g/mol. The SMILES string of the molecule is CCCC(=[Se])N(CC)CC. The summed E-state index contributed by atoms with van der Waals surface area (Å²) in [6.07, 6.45) is 2.43. The Hall–Kier alpha value is 0.189. The molecule has 0 aromatic rings. The Labute approximate surface area is 72.2 Å². The van der Waals surface area contributed by atoms with Gasteiger partial charge in [0.15, 0.2) is 0 Å². The van der Waals surface area contributed by atoms with Gasteiger partial charge in [0.25, 0.3) is 0 Å². The van der Waals surface area contributed by atoms with Crippen molar-refractivity contribution in [3.8, 4) is 0 Å². The van der Waals surface area contributed by atoms with Crippen molar-refractivity contribution in [3.05, 3.63) is 0 Å². The van der Waals surface area contributed by atoms with E-state index in [4.69, 9.17) is 0 Å². The van der Waals surface area contributed by atoms with Gasteiger partial charge in [-0.2, -0.15) is 0 Å². The first-order chi connectivity index (χ1) is 4.76. The van der Waals surface area contributed by atoms with Crippen molar-refractivity contribution in [3.63, 3.8) is 0 Å². The predicted octanol–water partition coefficient (Wildman–Crippen LogP) is 1.43. The molecule has 0 unspecified atom stereocenters. The molecule has 0 aromatic carbocycles. The molecule has 0 spiro atoms. The topological polar surface area (TPSA) is 3.24 Å². The molecule has 0 aliphatic carbocycles. The summed E-state index contributed by atoms with van der Waals surface area (Å²) in [4.78, 5) is 2.36. The van der Waals surface area contributed by atoms with Crippen LogP contribution in [0.15, 0.2) is 0 Å². The van der Waals surface area contributed by atoms with Gasteiger partial charge in [0.1, 0.15) is 0 Å². The van der Waals surface area contributed by atoms with Crippen LogP contribution in [-0.2, 0) is 0 Å². The van der Waals surface area contributed by atoms with Gasteiger partial charge in [-0.1, -0.05) is 0 Å². The van der Waals surface area contributed by atoms with Gasteiger partial charge in [-0.25, -0.2) is 0 Å². The third kappa shape index (κ3) is 3.38. The van der Waals surface area contributed by atoms with E-state index in [1.807, 2.05) is 0 Å². The molecule has 60 valence electrons. The second-order valence-electron chi connectivity index (χ2n) is 2.32. The molecule has 0 radical (unpaired) electrons. The number of nitrogens with zero attached hydrogens (tertiary/aromatic N) is 1. The summed E-state index contributed by atoms with van der Waals surface area (Å²) in [5, 5.41) is 0. The molecule has 1 nitrogen and oxygen atoms in total. The van der Waals surface area contributed by atoms with Gasteiger partial charge in [0.2, 0.25) is 0 Å². The van der Waals surface area contributed by atoms with Crippen LogP contribution in [0.4, 0.5) is 0 Å². The number of hydrogen-bond acceptors (Lipinski definition) is 1. The van der Waals surface area contributed by atoms with E-state index >= 15 is 0 Å². The summed E-state index contributed by atoms with van der Waals surface area (Å²) in [7, 11) is 0. The van der Waals surface area contributed by atoms with Crippen molar-refractivity contribution in [1.29, 1.82) is 0 Å². The van der Waals surface area contributed by atoms with Crippen LogP contribution < -0.4 is 0 Å². The van der Waals surface area contributed by atoms with Gasteiger partial charge in [-0.05, 0) is 0 Å². The third-order valence-electron chi connectivity index (χ3n) is 1.58. The minimum atomic E-state index is 1.12. The zero-order valence-electron chi connectivity index (χ0n) is 7.18. The monoisotopic (exact) mass is 207 g/mol. The fourth-order valence-electron chi connectivity index (χ4n) is 0.948. The summed E-state index contributed by atoms with van der Waals surface area (Å²) < 4.78 is 1.41. The van der Waals surface area contributed by atoms with Gasteiger partial charge < -0.3 is 0 Å². The Morgan fingerprint density at radius 3 is 2.00 bits per heavy atom. The van der Waals surface area contributed by atoms with Gasteiger partial charge in [0.05, 0.1) is 0 Å². The van der Waals surface area contributed by atoms with Crippen LogP contribution in [0, 0.1) is 0 Å². The Bertz CT molecular complexity index is 97.4. The molecule has 0 atom stereocenters. The molecular weight excluding hydrogens is 189 g/mol. The Balaban J connectivity index is 3.65. The summed E-state index contributed by atoms with van der Waals surface area (Å²) in [5.41, 5.74) is 0. The molecule has 0 fully saturated rings. The van der Waals surface area contributed by atoms with Crippen LogP contribution in [0.25, 0.3) is 0 Å². The van der Waals surface area contributed by atoms with Crippen molar-refractivity contribution in [2.45, 2.75) is 33.6 Å². The van der Waals surface area contributed by atoms with Gasteiger partial charge in [-0.15, -0.1) is 0 Å². The molecule has 0 rings (SSSR count). The molecule has 0 aliphatic rings. The maximum absolute atomic E-state index is 3.12. The van der Waals surface area contributed by atoms with Gasteiger partial charge >= 0.3 is 71.7 Å². The molecular formula is C8H17NSe. The predicted molar refractivity (Wildman–Crippen MR) is 48.6 cm³/mol. The summed E-state index contributed by atoms with van der Waals surface area (Å²) in [6.45, 7) is 8.84. The van der Waals surface area contributed by atoms with E-state index in [1.165, 1.54) is 17.4 Å². The molecule has 0 saturated heterocycles. The molecule has 2 heteroatoms. The Morgan fingerprint density at radius 1 is 1.20 bits per heavy atom. The van der Waals surface area contributed by atoms with Gasteiger partial charge in [-0.3, -0.25) is 0 Å². The van der Waals surface area contributed by atoms with E-state index in [0.29, 0.717) is 0 Å². The quantitative estimate of drug-likeness (QED) is 0.615. The second-order valence-corrected chi connectivity index (χ2v) is 3.30. The normalized spacial score (nSPS) is 9.50. The number of hydrogen-bond donors (Lipinski definition) is 0. The van der Waals surface area contributed by atoms with Crippen molar-refractivity contribution in [2.24, 2.45) is 0 Å². The van der Waals surface area contributed by atoms with Crippen LogP contribution in [0.2, 0.25) is 0 Å². The summed E-state index contributed by atoms with van der Waals surface area (Å²) >= 11 is 3.12. The van der Waals surface area contributed by atoms with Crippen LogP contribution >= 0.6 is 0 Å². The fourth-order valence-corrected chi connectivity index (χ4v) is 1.92. The Morgan fingerprint density at radius 2 is 1.70 bits per heavy atom. The molecule has 10 heavy (non-hydrogen) atoms. The second kappa shape index (κ2) is 5.94. The van der Waals surface area contributed by atoms with Gasteiger partial charge in [0, 0.05) is 0 Å². The van der Waals surface area contributed by atoms with Crippen LogP contribution in [0.5, 0.6) is 0 Å². The fraction of sp³-hybridized carbons (Fsp3) is 0.875. The summed E-state index contributed by atoms with van der Waals surface area (Å²) in [6, 6.07) is 0. The third-order valence-corrected chi connectivity index (χ3v) is 2.55. The first-order valence-electron chi connectivity index (χ1n) is 4.04. The minimum absolute atomic E-state index is 1.12. The molecule has 0 saturated carbocycles. The van der Waals surface area contributed by atoms with E-state index in [0.717, 1.165) is 13.1 Å². The summed E-state index contributed by atoms with van der Waals surface area (Å²) in [5.74, 6) is 0. The van der Waals surface area contributed by atoms with Crippen molar-refractivity contribution >= 4 is 20.1 Å². The Kier molecular flexibility index (Phi) is 6.05. The molecule has 0 aromatic heterocycles. The van der Waals surface area contributed by atoms with E-state index in [2.05, 4.69) is 41.2 Å². The van der Waals surface area contributed by atoms with Crippen LogP contribution in [0.3, 0.4) is 0 Å². The zero-order chi connectivity index (χ0) is 7.98. The van der Waals surface area contributed by atoms with Crippen LogP contribution in [0.1, 0.15) is 33.6 Å². The molecule has 0 N–H and O–H groups in total.